The van der Waals surface area contributed by atoms with Crippen molar-refractivity contribution < 1.29 is 37.1 Å². The van der Waals surface area contributed by atoms with Crippen molar-refractivity contribution in [2.45, 2.75) is 6.18 Å². The maximum atomic E-state index is 12.4. The number of rotatable bonds is 5. The van der Waals surface area contributed by atoms with Crippen LogP contribution in [0.5, 0.6) is 0 Å². The van der Waals surface area contributed by atoms with Crippen LogP contribution in [0.15, 0.2) is 48.5 Å². The molecule has 150 valence electrons. The van der Waals surface area contributed by atoms with Crippen LogP contribution >= 0.6 is 0 Å². The molecule has 3 rings (SSSR count). The number of halogens is 3. The summed E-state index contributed by atoms with van der Waals surface area (Å²) < 4.78 is 40.7. The molecule has 29 heavy (non-hydrogen) atoms. The van der Waals surface area contributed by atoms with Gasteiger partial charge in [0, 0.05) is 0 Å². The summed E-state index contributed by atoms with van der Waals surface area (Å²) in [4.78, 5) is 49.0. The minimum atomic E-state index is -4.57. The van der Waals surface area contributed by atoms with Gasteiger partial charge in [0.25, 0.3) is 17.7 Å². The number of hydrogen-bond donors (Lipinski definition) is 1. The Bertz CT molecular complexity index is 951. The Balaban J connectivity index is 1.62. The highest BCUT2D eigenvalue weighted by Crippen LogP contribution is 2.28. The molecular weight excluding hydrogens is 393 g/mol. The number of fused-ring (bicyclic) bond motifs is 1. The van der Waals surface area contributed by atoms with Crippen LogP contribution in [0, 0.1) is 0 Å². The highest BCUT2D eigenvalue weighted by atomic mass is 19.4. The van der Waals surface area contributed by atoms with Gasteiger partial charge in [0.15, 0.2) is 6.61 Å². The van der Waals surface area contributed by atoms with Gasteiger partial charge in [-0.25, -0.2) is 9.69 Å². The van der Waals surface area contributed by atoms with Gasteiger partial charge < -0.3 is 10.1 Å². The predicted molar refractivity (Wildman–Crippen MR) is 93.4 cm³/mol. The number of ether oxygens (including phenoxy) is 1. The number of carbonyl (C=O) groups is 4. The summed E-state index contributed by atoms with van der Waals surface area (Å²) in [6.45, 7) is -2.41. The predicted octanol–water partition coefficient (Wildman–Crippen LogP) is 2.32. The first-order valence-corrected chi connectivity index (χ1v) is 8.26. The van der Waals surface area contributed by atoms with Gasteiger partial charge >= 0.3 is 12.1 Å². The van der Waals surface area contributed by atoms with Crippen molar-refractivity contribution in [1.29, 1.82) is 0 Å². The second-order valence-corrected chi connectivity index (χ2v) is 6.01. The molecule has 0 saturated carbocycles. The van der Waals surface area contributed by atoms with E-state index in [1.165, 1.54) is 36.4 Å². The molecule has 0 aromatic heterocycles. The van der Waals surface area contributed by atoms with Crippen molar-refractivity contribution >= 4 is 29.4 Å². The third-order valence-electron chi connectivity index (χ3n) is 3.98. The van der Waals surface area contributed by atoms with Gasteiger partial charge in [0.05, 0.1) is 22.4 Å². The molecule has 1 aliphatic rings. The van der Waals surface area contributed by atoms with Crippen molar-refractivity contribution in [3.63, 3.8) is 0 Å². The number of hydrogen-bond acceptors (Lipinski definition) is 5. The topological polar surface area (TPSA) is 92.8 Å². The van der Waals surface area contributed by atoms with Crippen molar-refractivity contribution in [2.75, 3.05) is 18.1 Å². The first kappa shape index (κ1) is 20.1. The molecule has 10 heteroatoms. The lowest BCUT2D eigenvalue weighted by Gasteiger charge is -2.14. The number of anilines is 1. The number of amides is 3. The van der Waals surface area contributed by atoms with E-state index >= 15 is 0 Å². The molecule has 1 heterocycles. The third kappa shape index (κ3) is 4.42. The lowest BCUT2D eigenvalue weighted by Crippen LogP contribution is -2.36. The van der Waals surface area contributed by atoms with Crippen LogP contribution in [0.1, 0.15) is 31.1 Å². The Kier molecular flexibility index (Phi) is 5.35. The maximum absolute atomic E-state index is 12.4. The van der Waals surface area contributed by atoms with Gasteiger partial charge in [-0.3, -0.25) is 14.4 Å². The van der Waals surface area contributed by atoms with Gasteiger partial charge in [0.1, 0.15) is 6.54 Å². The van der Waals surface area contributed by atoms with Gasteiger partial charge in [-0.05, 0) is 36.4 Å². The zero-order valence-corrected chi connectivity index (χ0v) is 14.7. The average molecular weight is 406 g/mol. The average Bonchev–Trinajstić information content (AvgIpc) is 2.95. The van der Waals surface area contributed by atoms with Crippen molar-refractivity contribution in [3.05, 3.63) is 65.2 Å². The number of alkyl halides is 3. The fourth-order valence-electron chi connectivity index (χ4n) is 2.63. The number of benzene rings is 2. The summed E-state index contributed by atoms with van der Waals surface area (Å²) in [5.41, 5.74) is 0.765. The summed E-state index contributed by atoms with van der Waals surface area (Å²) in [6, 6.07) is 11.6. The molecule has 0 spiro atoms. The van der Waals surface area contributed by atoms with E-state index in [4.69, 9.17) is 0 Å². The SMILES string of the molecule is O=C(COC(=O)c1ccc(N2C(=O)c3ccccc3C2=O)cc1)NCC(F)(F)F. The largest absolute Gasteiger partial charge is 0.452 e. The molecule has 2 aromatic carbocycles. The smallest absolute Gasteiger partial charge is 0.405 e. The highest BCUT2D eigenvalue weighted by molar-refractivity contribution is 6.34. The minimum Gasteiger partial charge on any atom is -0.452 e. The molecule has 1 aliphatic heterocycles. The van der Waals surface area contributed by atoms with Crippen LogP contribution in [-0.2, 0) is 9.53 Å². The monoisotopic (exact) mass is 406 g/mol. The van der Waals surface area contributed by atoms with E-state index in [0.717, 1.165) is 4.90 Å². The molecule has 0 unspecified atom stereocenters. The van der Waals surface area contributed by atoms with Crippen LogP contribution in [-0.4, -0.2) is 43.0 Å². The zero-order chi connectivity index (χ0) is 21.2. The van der Waals surface area contributed by atoms with E-state index < -0.39 is 43.0 Å². The lowest BCUT2D eigenvalue weighted by molar-refractivity contribution is -0.140. The second-order valence-electron chi connectivity index (χ2n) is 6.01. The molecule has 0 radical (unpaired) electrons. The second kappa shape index (κ2) is 7.74. The molecule has 0 aliphatic carbocycles. The molecule has 0 saturated heterocycles. The first-order valence-electron chi connectivity index (χ1n) is 8.26. The molecule has 3 amide bonds. The molecule has 7 nitrogen and oxygen atoms in total. The number of carbonyl (C=O) groups excluding carboxylic acids is 4. The van der Waals surface area contributed by atoms with Crippen LogP contribution in [0.4, 0.5) is 18.9 Å². The number of nitrogens with zero attached hydrogens (tertiary/aromatic N) is 1. The Hall–Kier alpha value is -3.69. The third-order valence-corrected chi connectivity index (χ3v) is 3.98. The van der Waals surface area contributed by atoms with Gasteiger partial charge in [0.2, 0.25) is 0 Å². The normalized spacial score (nSPS) is 13.3. The van der Waals surface area contributed by atoms with Crippen LogP contribution < -0.4 is 10.2 Å². The summed E-state index contributed by atoms with van der Waals surface area (Å²) in [5, 5.41) is 1.57. The van der Waals surface area contributed by atoms with Crippen molar-refractivity contribution in [1.82, 2.24) is 5.32 Å². The van der Waals surface area contributed by atoms with E-state index in [9.17, 15) is 32.3 Å². The van der Waals surface area contributed by atoms with Crippen LogP contribution in [0.25, 0.3) is 0 Å². The molecule has 2 aromatic rings. The Labute approximate surface area is 162 Å². The van der Waals surface area contributed by atoms with Crippen LogP contribution in [0.2, 0.25) is 0 Å². The van der Waals surface area contributed by atoms with E-state index in [2.05, 4.69) is 4.74 Å². The van der Waals surface area contributed by atoms with E-state index in [0.29, 0.717) is 0 Å². The standard InChI is InChI=1S/C19H13F3N2O5/c20-19(21,22)10-23-15(25)9-29-18(28)11-5-7-12(8-6-11)24-16(26)13-3-1-2-4-14(13)17(24)27/h1-8H,9-10H2,(H,23,25). The van der Waals surface area contributed by atoms with Gasteiger partial charge in [-0.1, -0.05) is 12.1 Å². The number of imide groups is 1. The summed E-state index contributed by atoms with van der Waals surface area (Å²) >= 11 is 0. The fraction of sp³-hybridized carbons (Fsp3) is 0.158. The van der Waals surface area contributed by atoms with Crippen molar-refractivity contribution in [3.8, 4) is 0 Å². The number of nitrogens with one attached hydrogen (secondary N) is 1. The highest BCUT2D eigenvalue weighted by Gasteiger charge is 2.36. The first-order chi connectivity index (χ1) is 13.7. The Morgan fingerprint density at radius 3 is 2.00 bits per heavy atom. The summed E-state index contributed by atoms with van der Waals surface area (Å²) in [6.07, 6.45) is -4.57. The number of esters is 1. The molecule has 1 N–H and O–H groups in total. The van der Waals surface area contributed by atoms with Gasteiger partial charge in [-0.2, -0.15) is 13.2 Å². The quantitative estimate of drug-likeness (QED) is 0.608. The van der Waals surface area contributed by atoms with E-state index in [1.54, 1.807) is 17.4 Å². The maximum Gasteiger partial charge on any atom is 0.405 e. The minimum absolute atomic E-state index is 0.00557. The van der Waals surface area contributed by atoms with E-state index in [1.807, 2.05) is 0 Å². The summed E-state index contributed by atoms with van der Waals surface area (Å²) in [5.74, 6) is -3.04. The van der Waals surface area contributed by atoms with Crippen molar-refractivity contribution in [2.24, 2.45) is 0 Å². The van der Waals surface area contributed by atoms with Gasteiger partial charge in [-0.15, -0.1) is 0 Å². The zero-order valence-electron chi connectivity index (χ0n) is 14.7. The molecule has 0 bridgehead atoms. The Morgan fingerprint density at radius 1 is 0.931 bits per heavy atom. The lowest BCUT2D eigenvalue weighted by atomic mass is 10.1. The summed E-state index contributed by atoms with van der Waals surface area (Å²) in [7, 11) is 0. The van der Waals surface area contributed by atoms with Crippen LogP contribution in [0.3, 0.4) is 0 Å². The fourth-order valence-corrected chi connectivity index (χ4v) is 2.63. The van der Waals surface area contributed by atoms with E-state index in [-0.39, 0.29) is 22.4 Å². The molecule has 0 fully saturated rings. The Morgan fingerprint density at radius 2 is 1.48 bits per heavy atom. The molecular formula is C19H13F3N2O5. The molecule has 0 atom stereocenters.